The van der Waals surface area contributed by atoms with Crippen LogP contribution in [-0.2, 0) is 9.53 Å². The van der Waals surface area contributed by atoms with Gasteiger partial charge in [0.1, 0.15) is 11.3 Å². The average Bonchev–Trinajstić information content (AvgIpc) is 2.81. The van der Waals surface area contributed by atoms with Gasteiger partial charge in [-0.25, -0.2) is 14.8 Å². The Kier molecular flexibility index (Phi) is 7.83. The zero-order valence-corrected chi connectivity index (χ0v) is 21.1. The van der Waals surface area contributed by atoms with Gasteiger partial charge in [0.05, 0.1) is 19.9 Å². The highest BCUT2D eigenvalue weighted by Gasteiger charge is 2.33. The molecular formula is C25H33N5O5. The standard InChI is InChI=1S/C25H33N5O5/c1-16-15-29(11-12-30(16)24(32)35-25(2,3)4)23(31)18(26)14-22-27-10-9-19(28-22)17-7-8-20(33-5)21(13-17)34-6/h7-10,13-14,16H,11-12,15,26H2,1-6H3/t16-/m0/s1. The maximum Gasteiger partial charge on any atom is 0.410 e. The number of nitrogens with two attached hydrogens (primary N) is 1. The number of hydrogen-bond donors (Lipinski definition) is 1. The summed E-state index contributed by atoms with van der Waals surface area (Å²) >= 11 is 0. The van der Waals surface area contributed by atoms with Crippen LogP contribution in [-0.4, -0.2) is 77.3 Å². The fraction of sp³-hybridized carbons (Fsp3) is 0.440. The Morgan fingerprint density at radius 2 is 1.83 bits per heavy atom. The van der Waals surface area contributed by atoms with Crippen molar-refractivity contribution in [1.82, 2.24) is 19.8 Å². The van der Waals surface area contributed by atoms with Gasteiger partial charge in [0.2, 0.25) is 0 Å². The second kappa shape index (κ2) is 10.6. The molecule has 2 heterocycles. The van der Waals surface area contributed by atoms with E-state index in [4.69, 9.17) is 19.9 Å². The zero-order chi connectivity index (χ0) is 25.8. The minimum absolute atomic E-state index is 0.0207. The molecule has 1 fully saturated rings. The van der Waals surface area contributed by atoms with Crippen molar-refractivity contribution in [2.24, 2.45) is 5.73 Å². The average molecular weight is 484 g/mol. The first kappa shape index (κ1) is 25.8. The highest BCUT2D eigenvalue weighted by Crippen LogP contribution is 2.31. The molecule has 2 amide bonds. The number of amides is 2. The normalized spacial score (nSPS) is 16.6. The van der Waals surface area contributed by atoms with E-state index in [2.05, 4.69) is 9.97 Å². The van der Waals surface area contributed by atoms with Crippen molar-refractivity contribution in [2.75, 3.05) is 33.9 Å². The molecule has 0 radical (unpaired) electrons. The van der Waals surface area contributed by atoms with Crippen molar-refractivity contribution in [3.05, 3.63) is 42.0 Å². The Hall–Kier alpha value is -3.82. The van der Waals surface area contributed by atoms with E-state index >= 15 is 0 Å². The Morgan fingerprint density at radius 1 is 1.11 bits per heavy atom. The van der Waals surface area contributed by atoms with E-state index in [9.17, 15) is 9.59 Å². The number of benzene rings is 1. The molecule has 1 aromatic heterocycles. The van der Waals surface area contributed by atoms with Crippen LogP contribution in [0, 0.1) is 0 Å². The van der Waals surface area contributed by atoms with E-state index in [1.54, 1.807) is 42.3 Å². The van der Waals surface area contributed by atoms with E-state index in [0.29, 0.717) is 42.7 Å². The highest BCUT2D eigenvalue weighted by molar-refractivity contribution is 5.96. The molecule has 1 atom stereocenters. The molecule has 0 aliphatic carbocycles. The summed E-state index contributed by atoms with van der Waals surface area (Å²) < 4.78 is 16.1. The smallest absolute Gasteiger partial charge is 0.410 e. The second-order valence-corrected chi connectivity index (χ2v) is 9.24. The quantitative estimate of drug-likeness (QED) is 0.645. The third-order valence-corrected chi connectivity index (χ3v) is 5.43. The fourth-order valence-electron chi connectivity index (χ4n) is 3.72. The Balaban J connectivity index is 1.71. The maximum absolute atomic E-state index is 13.0. The van der Waals surface area contributed by atoms with Crippen LogP contribution in [0.5, 0.6) is 11.5 Å². The summed E-state index contributed by atoms with van der Waals surface area (Å²) in [6, 6.07) is 7.02. The van der Waals surface area contributed by atoms with Gasteiger partial charge in [-0.1, -0.05) is 0 Å². The number of aromatic nitrogens is 2. The molecule has 3 rings (SSSR count). The summed E-state index contributed by atoms with van der Waals surface area (Å²) in [7, 11) is 3.14. The topological polar surface area (TPSA) is 120 Å². The van der Waals surface area contributed by atoms with Crippen molar-refractivity contribution < 1.29 is 23.8 Å². The van der Waals surface area contributed by atoms with Gasteiger partial charge in [-0.3, -0.25) is 4.79 Å². The van der Waals surface area contributed by atoms with Crippen LogP contribution in [0.1, 0.15) is 33.5 Å². The van der Waals surface area contributed by atoms with Crippen LogP contribution in [0.2, 0.25) is 0 Å². The minimum Gasteiger partial charge on any atom is -0.493 e. The van der Waals surface area contributed by atoms with Crippen LogP contribution in [0.15, 0.2) is 36.2 Å². The van der Waals surface area contributed by atoms with E-state index in [1.165, 1.54) is 6.08 Å². The van der Waals surface area contributed by atoms with Gasteiger partial charge in [-0.15, -0.1) is 0 Å². The Morgan fingerprint density at radius 3 is 2.46 bits per heavy atom. The van der Waals surface area contributed by atoms with Crippen LogP contribution in [0.3, 0.4) is 0 Å². The number of carbonyl (C=O) groups is 2. The monoisotopic (exact) mass is 483 g/mol. The highest BCUT2D eigenvalue weighted by atomic mass is 16.6. The van der Waals surface area contributed by atoms with E-state index in [0.717, 1.165) is 5.56 Å². The van der Waals surface area contributed by atoms with Gasteiger partial charge in [-0.05, 0) is 52.0 Å². The number of ether oxygens (including phenoxy) is 3. The fourth-order valence-corrected chi connectivity index (χ4v) is 3.72. The number of hydrogen-bond acceptors (Lipinski definition) is 8. The van der Waals surface area contributed by atoms with Gasteiger partial charge >= 0.3 is 6.09 Å². The van der Waals surface area contributed by atoms with Gasteiger partial charge in [-0.2, -0.15) is 0 Å². The van der Waals surface area contributed by atoms with Crippen LogP contribution in [0.4, 0.5) is 4.79 Å². The molecule has 10 heteroatoms. The lowest BCUT2D eigenvalue weighted by molar-refractivity contribution is -0.129. The molecule has 2 N–H and O–H groups in total. The van der Waals surface area contributed by atoms with Gasteiger partial charge in [0.25, 0.3) is 5.91 Å². The number of rotatable bonds is 5. The van der Waals surface area contributed by atoms with Crippen molar-refractivity contribution in [2.45, 2.75) is 39.3 Å². The summed E-state index contributed by atoms with van der Waals surface area (Å²) in [5, 5.41) is 0. The molecular weight excluding hydrogens is 450 g/mol. The largest absolute Gasteiger partial charge is 0.493 e. The van der Waals surface area contributed by atoms with E-state index < -0.39 is 5.60 Å². The van der Waals surface area contributed by atoms with Crippen LogP contribution >= 0.6 is 0 Å². The lowest BCUT2D eigenvalue weighted by Crippen LogP contribution is -2.56. The van der Waals surface area contributed by atoms with Crippen molar-refractivity contribution in [3.8, 4) is 22.8 Å². The van der Waals surface area contributed by atoms with Crippen molar-refractivity contribution in [1.29, 1.82) is 0 Å². The minimum atomic E-state index is -0.581. The van der Waals surface area contributed by atoms with Crippen molar-refractivity contribution in [3.63, 3.8) is 0 Å². The molecule has 2 aromatic rings. The van der Waals surface area contributed by atoms with E-state index in [-0.39, 0.29) is 23.7 Å². The molecule has 1 aliphatic heterocycles. The van der Waals surface area contributed by atoms with Gasteiger partial charge in [0.15, 0.2) is 17.3 Å². The summed E-state index contributed by atoms with van der Waals surface area (Å²) in [6.45, 7) is 8.40. The maximum atomic E-state index is 13.0. The summed E-state index contributed by atoms with van der Waals surface area (Å²) in [5.41, 5.74) is 7.01. The number of carbonyl (C=O) groups excluding carboxylic acids is 2. The Labute approximate surface area is 205 Å². The summed E-state index contributed by atoms with van der Waals surface area (Å²) in [4.78, 5) is 37.4. The third-order valence-electron chi connectivity index (χ3n) is 5.43. The van der Waals surface area contributed by atoms with E-state index in [1.807, 2.05) is 39.8 Å². The first-order valence-electron chi connectivity index (χ1n) is 11.3. The molecule has 0 spiro atoms. The molecule has 1 saturated heterocycles. The molecule has 35 heavy (non-hydrogen) atoms. The molecule has 188 valence electrons. The molecule has 1 aromatic carbocycles. The van der Waals surface area contributed by atoms with Gasteiger partial charge < -0.3 is 29.7 Å². The predicted octanol–water partition coefficient (Wildman–Crippen LogP) is 2.93. The number of methoxy groups -OCH3 is 2. The number of piperazine rings is 1. The third kappa shape index (κ3) is 6.40. The molecule has 0 bridgehead atoms. The first-order chi connectivity index (χ1) is 16.5. The van der Waals surface area contributed by atoms with Crippen molar-refractivity contribution >= 4 is 18.1 Å². The zero-order valence-electron chi connectivity index (χ0n) is 21.1. The van der Waals surface area contributed by atoms with Crippen LogP contribution in [0.25, 0.3) is 17.3 Å². The molecule has 10 nitrogen and oxygen atoms in total. The second-order valence-electron chi connectivity index (χ2n) is 9.24. The first-order valence-corrected chi connectivity index (χ1v) is 11.3. The number of nitrogens with zero attached hydrogens (tertiary/aromatic N) is 4. The molecule has 1 aliphatic rings. The molecule has 0 saturated carbocycles. The molecule has 0 unspecified atom stereocenters. The van der Waals surface area contributed by atoms with Gasteiger partial charge in [0, 0.05) is 43.5 Å². The summed E-state index contributed by atoms with van der Waals surface area (Å²) in [6.07, 6.45) is 2.67. The predicted molar refractivity (Wildman–Crippen MR) is 132 cm³/mol. The Bertz CT molecular complexity index is 1110. The van der Waals surface area contributed by atoms with Crippen LogP contribution < -0.4 is 15.2 Å². The SMILES string of the molecule is COc1ccc(-c2ccnc(C=C(N)C(=O)N3CCN(C(=O)OC(C)(C)C)[C@@H](C)C3)n2)cc1OC. The summed E-state index contributed by atoms with van der Waals surface area (Å²) in [5.74, 6) is 1.17. The lowest BCUT2D eigenvalue weighted by Gasteiger charge is -2.40. The lowest BCUT2D eigenvalue weighted by atomic mass is 10.1.